The fraction of sp³-hybridized carbons (Fsp3) is 0.429. The van der Waals surface area contributed by atoms with Crippen molar-refractivity contribution >= 4 is 33.2 Å². The van der Waals surface area contributed by atoms with Crippen LogP contribution in [0.5, 0.6) is 11.5 Å². The maximum atomic E-state index is 12.3. The number of piperazine rings is 1. The molecule has 9 nitrogen and oxygen atoms in total. The largest absolute Gasteiger partial charge is 0.496 e. The summed E-state index contributed by atoms with van der Waals surface area (Å²) in [4.78, 5) is 11.4. The predicted octanol–water partition coefficient (Wildman–Crippen LogP) is 2.93. The van der Waals surface area contributed by atoms with Gasteiger partial charge >= 0.3 is 0 Å². The maximum Gasteiger partial charge on any atom is 0.236 e. The molecule has 1 fully saturated rings. The van der Waals surface area contributed by atoms with Crippen LogP contribution in [-0.2, 0) is 10.0 Å². The highest BCUT2D eigenvalue weighted by molar-refractivity contribution is 7.89. The minimum Gasteiger partial charge on any atom is -0.496 e. The fourth-order valence-electron chi connectivity index (χ4n) is 3.81. The zero-order valence-corrected chi connectivity index (χ0v) is 19.9. The minimum atomic E-state index is -3.18. The van der Waals surface area contributed by atoms with Crippen molar-refractivity contribution in [3.63, 3.8) is 0 Å². The third-order valence-corrected chi connectivity index (χ3v) is 7.85. The highest BCUT2D eigenvalue weighted by atomic mass is 35.5. The van der Waals surface area contributed by atoms with Gasteiger partial charge in [-0.25, -0.2) is 13.4 Å². The molecule has 0 atom stereocenters. The molecule has 1 aliphatic heterocycles. The molecule has 0 aliphatic carbocycles. The topological polar surface area (TPSA) is 89.3 Å². The molecule has 0 bridgehead atoms. The van der Waals surface area contributed by atoms with E-state index in [-0.39, 0.29) is 5.75 Å². The Morgan fingerprint density at radius 1 is 1.06 bits per heavy atom. The number of aromatic nitrogens is 3. The van der Waals surface area contributed by atoms with Crippen molar-refractivity contribution in [1.29, 1.82) is 0 Å². The van der Waals surface area contributed by atoms with Gasteiger partial charge in [0.2, 0.25) is 15.8 Å². The molecule has 0 saturated carbocycles. The predicted molar refractivity (Wildman–Crippen MR) is 124 cm³/mol. The van der Waals surface area contributed by atoms with E-state index in [1.54, 1.807) is 30.7 Å². The first kappa shape index (κ1) is 22.6. The van der Waals surface area contributed by atoms with Crippen LogP contribution in [0.25, 0.3) is 17.0 Å². The molecule has 0 spiro atoms. The molecule has 0 unspecified atom stereocenters. The Hall–Kier alpha value is -2.56. The van der Waals surface area contributed by atoms with Crippen molar-refractivity contribution in [3.05, 3.63) is 35.6 Å². The number of fused-ring (bicyclic) bond motifs is 1. The summed E-state index contributed by atoms with van der Waals surface area (Å²) < 4.78 is 38.8. The van der Waals surface area contributed by atoms with Crippen LogP contribution in [0.4, 0.5) is 5.82 Å². The first-order valence-corrected chi connectivity index (χ1v) is 12.4. The van der Waals surface area contributed by atoms with Crippen LogP contribution in [-0.4, -0.2) is 73.2 Å². The number of imidazole rings is 1. The molecule has 32 heavy (non-hydrogen) atoms. The monoisotopic (exact) mass is 479 g/mol. The number of benzene rings is 1. The SMILES string of the molecule is CCCS(=O)(=O)N1CCN(c2ccn3cc(-c4cc(Cl)c(OC)cc4OC)nc3n2)CC1. The lowest BCUT2D eigenvalue weighted by molar-refractivity contribution is 0.383. The number of ether oxygens (including phenoxy) is 2. The molecule has 0 amide bonds. The van der Waals surface area contributed by atoms with Gasteiger partial charge in [0.1, 0.15) is 17.3 Å². The molecule has 3 aromatic rings. The zero-order valence-electron chi connectivity index (χ0n) is 18.3. The molecule has 0 radical (unpaired) electrons. The molecule has 172 valence electrons. The number of methoxy groups -OCH3 is 2. The quantitative estimate of drug-likeness (QED) is 0.514. The van der Waals surface area contributed by atoms with Crippen LogP contribution >= 0.6 is 11.6 Å². The lowest BCUT2D eigenvalue weighted by Crippen LogP contribution is -2.49. The number of anilines is 1. The second-order valence-corrected chi connectivity index (χ2v) is 10.0. The maximum absolute atomic E-state index is 12.3. The van der Waals surface area contributed by atoms with Gasteiger partial charge in [-0.1, -0.05) is 18.5 Å². The van der Waals surface area contributed by atoms with Crippen LogP contribution in [0.3, 0.4) is 0 Å². The number of sulfonamides is 1. The molecular formula is C21H26ClN5O4S. The van der Waals surface area contributed by atoms with E-state index in [9.17, 15) is 8.42 Å². The highest BCUT2D eigenvalue weighted by Crippen LogP contribution is 2.38. The van der Waals surface area contributed by atoms with Crippen molar-refractivity contribution < 1.29 is 17.9 Å². The van der Waals surface area contributed by atoms with Crippen molar-refractivity contribution in [2.24, 2.45) is 0 Å². The molecule has 4 rings (SSSR count). The smallest absolute Gasteiger partial charge is 0.236 e. The summed E-state index contributed by atoms with van der Waals surface area (Å²) in [5, 5.41) is 0.463. The van der Waals surface area contributed by atoms with Crippen molar-refractivity contribution in [1.82, 2.24) is 18.7 Å². The summed E-state index contributed by atoms with van der Waals surface area (Å²) in [6, 6.07) is 5.40. The third kappa shape index (κ3) is 4.35. The average Bonchev–Trinajstić information content (AvgIpc) is 3.22. The lowest BCUT2D eigenvalue weighted by atomic mass is 10.1. The third-order valence-electron chi connectivity index (χ3n) is 5.48. The van der Waals surface area contributed by atoms with Gasteiger partial charge in [0.05, 0.1) is 30.7 Å². The van der Waals surface area contributed by atoms with E-state index in [4.69, 9.17) is 26.1 Å². The molecule has 11 heteroatoms. The summed E-state index contributed by atoms with van der Waals surface area (Å²) in [5.41, 5.74) is 1.41. The summed E-state index contributed by atoms with van der Waals surface area (Å²) in [6.07, 6.45) is 4.38. The summed E-state index contributed by atoms with van der Waals surface area (Å²) in [5.74, 6) is 2.61. The molecule has 2 aromatic heterocycles. The molecule has 0 N–H and O–H groups in total. The van der Waals surface area contributed by atoms with E-state index in [1.165, 1.54) is 0 Å². The number of rotatable bonds is 7. The lowest BCUT2D eigenvalue weighted by Gasteiger charge is -2.34. The van der Waals surface area contributed by atoms with Gasteiger partial charge in [-0.2, -0.15) is 9.29 Å². The average molecular weight is 480 g/mol. The van der Waals surface area contributed by atoms with Gasteiger partial charge in [0, 0.05) is 50.2 Å². The molecular weight excluding hydrogens is 454 g/mol. The second kappa shape index (κ2) is 9.13. The number of halogens is 1. The van der Waals surface area contributed by atoms with Gasteiger partial charge in [0.15, 0.2) is 0 Å². The first-order valence-electron chi connectivity index (χ1n) is 10.4. The Morgan fingerprint density at radius 3 is 2.44 bits per heavy atom. The van der Waals surface area contributed by atoms with Crippen LogP contribution < -0.4 is 14.4 Å². The van der Waals surface area contributed by atoms with E-state index in [0.717, 1.165) is 11.4 Å². The van der Waals surface area contributed by atoms with Gasteiger partial charge in [-0.05, 0) is 18.6 Å². The standard InChI is InChI=1S/C21H26ClN5O4S/c1-4-11-32(28,29)27-9-7-25(8-10-27)20-5-6-26-14-17(23-21(26)24-20)15-12-16(22)19(31-3)13-18(15)30-2/h5-6,12-14H,4,7-11H2,1-3H3. The Morgan fingerprint density at radius 2 is 1.78 bits per heavy atom. The molecule has 1 aromatic carbocycles. The van der Waals surface area contributed by atoms with Crippen LogP contribution in [0.2, 0.25) is 5.02 Å². The number of hydrogen-bond acceptors (Lipinski definition) is 7. The van der Waals surface area contributed by atoms with Crippen molar-refractivity contribution in [2.45, 2.75) is 13.3 Å². The van der Waals surface area contributed by atoms with E-state index >= 15 is 0 Å². The summed E-state index contributed by atoms with van der Waals surface area (Å²) in [6.45, 7) is 3.96. The fourth-order valence-corrected chi connectivity index (χ4v) is 5.55. The summed E-state index contributed by atoms with van der Waals surface area (Å²) >= 11 is 6.31. The Kier molecular flexibility index (Phi) is 6.45. The minimum absolute atomic E-state index is 0.187. The van der Waals surface area contributed by atoms with Gasteiger partial charge in [-0.3, -0.25) is 4.40 Å². The van der Waals surface area contributed by atoms with Gasteiger partial charge in [0.25, 0.3) is 0 Å². The Bertz CT molecular complexity index is 1220. The second-order valence-electron chi connectivity index (χ2n) is 7.51. The molecule has 1 aliphatic rings. The van der Waals surface area contributed by atoms with Crippen LogP contribution in [0, 0.1) is 0 Å². The highest BCUT2D eigenvalue weighted by Gasteiger charge is 2.27. The molecule has 1 saturated heterocycles. The van der Waals surface area contributed by atoms with Crippen LogP contribution in [0.1, 0.15) is 13.3 Å². The summed E-state index contributed by atoms with van der Waals surface area (Å²) in [7, 11) is -0.0447. The van der Waals surface area contributed by atoms with Gasteiger partial charge < -0.3 is 14.4 Å². The normalized spacial score (nSPS) is 15.3. The number of nitrogens with zero attached hydrogens (tertiary/aromatic N) is 5. The van der Waals surface area contributed by atoms with Crippen molar-refractivity contribution in [3.8, 4) is 22.8 Å². The zero-order chi connectivity index (χ0) is 22.9. The number of hydrogen-bond donors (Lipinski definition) is 0. The van der Waals surface area contributed by atoms with Crippen molar-refractivity contribution in [2.75, 3.05) is 51.1 Å². The van der Waals surface area contributed by atoms with E-state index in [2.05, 4.69) is 9.88 Å². The van der Waals surface area contributed by atoms with Gasteiger partial charge in [-0.15, -0.1) is 0 Å². The molecule has 3 heterocycles. The Balaban J connectivity index is 1.58. The van der Waals surface area contributed by atoms with Crippen LogP contribution in [0.15, 0.2) is 30.6 Å². The van der Waals surface area contributed by atoms with E-state index < -0.39 is 10.0 Å². The van der Waals surface area contributed by atoms with E-state index in [1.807, 2.05) is 29.8 Å². The first-order chi connectivity index (χ1) is 15.4. The Labute approximate surface area is 192 Å². The van der Waals surface area contributed by atoms with E-state index in [0.29, 0.717) is 60.6 Å².